The summed E-state index contributed by atoms with van der Waals surface area (Å²) in [7, 11) is 0. The number of nitrogens with zero attached hydrogens (tertiary/aromatic N) is 1. The van der Waals surface area contributed by atoms with Crippen LogP contribution in [0.1, 0.15) is 0 Å². The number of hydrogen-bond acceptors (Lipinski definition) is 2. The molecule has 1 aromatic heterocycles. The largest absolute Gasteiger partial charge is 0.245 e. The van der Waals surface area contributed by atoms with Crippen molar-refractivity contribution >= 4 is 21.6 Å². The molecule has 0 saturated carbocycles. The molecule has 1 heterocycles. The van der Waals surface area contributed by atoms with E-state index in [0.29, 0.717) is 0 Å². The Hall–Kier alpha value is 0.0451. The van der Waals surface area contributed by atoms with Gasteiger partial charge in [-0.1, -0.05) is 12.1 Å². The van der Waals surface area contributed by atoms with E-state index in [1.807, 2.05) is 23.7 Å². The Morgan fingerprint density at radius 2 is 2.00 bits per heavy atom. The molecule has 0 radical (unpaired) electrons. The molecule has 2 aromatic rings. The van der Waals surface area contributed by atoms with Gasteiger partial charge in [0.1, 0.15) is 0 Å². The standard InChI is InChI=1S/C7H5NS.Hg/c1-2-4-7-6(3-1)8-5-9-7;/h1-5H;. The minimum absolute atomic E-state index is 0. The van der Waals surface area contributed by atoms with Gasteiger partial charge in [-0.2, -0.15) is 0 Å². The summed E-state index contributed by atoms with van der Waals surface area (Å²) in [5.74, 6) is 0. The van der Waals surface area contributed by atoms with Crippen molar-refractivity contribution in [2.45, 2.75) is 0 Å². The summed E-state index contributed by atoms with van der Waals surface area (Å²) in [6.45, 7) is 0. The van der Waals surface area contributed by atoms with Crippen molar-refractivity contribution < 1.29 is 27.7 Å². The van der Waals surface area contributed by atoms with E-state index < -0.39 is 0 Å². The molecule has 0 aliphatic heterocycles. The molecule has 3 heteroatoms. The van der Waals surface area contributed by atoms with E-state index in [9.17, 15) is 0 Å². The van der Waals surface area contributed by atoms with Crippen LogP contribution in [0.4, 0.5) is 0 Å². The first-order chi connectivity index (χ1) is 4.47. The van der Waals surface area contributed by atoms with Crippen LogP contribution in [0, 0.1) is 0 Å². The first-order valence-electron chi connectivity index (χ1n) is 2.75. The van der Waals surface area contributed by atoms with Crippen molar-refractivity contribution in [3.05, 3.63) is 29.8 Å². The number of para-hydroxylation sites is 1. The molecule has 1 nitrogen and oxygen atoms in total. The first-order valence-corrected chi connectivity index (χ1v) is 3.63. The Labute approximate surface area is 83.6 Å². The van der Waals surface area contributed by atoms with Gasteiger partial charge in [0, 0.05) is 27.7 Å². The summed E-state index contributed by atoms with van der Waals surface area (Å²) in [6.07, 6.45) is 0. The van der Waals surface area contributed by atoms with E-state index in [1.165, 1.54) is 4.70 Å². The summed E-state index contributed by atoms with van der Waals surface area (Å²) in [6, 6.07) is 8.13. The van der Waals surface area contributed by atoms with Crippen molar-refractivity contribution in [1.82, 2.24) is 4.98 Å². The average Bonchev–Trinajstić information content (AvgIpc) is 2.33. The number of rotatable bonds is 0. The molecule has 0 saturated heterocycles. The van der Waals surface area contributed by atoms with Crippen molar-refractivity contribution in [1.29, 1.82) is 0 Å². The molecule has 0 amide bonds. The molecule has 0 N–H and O–H groups in total. The summed E-state index contributed by atoms with van der Waals surface area (Å²) >= 11 is 1.68. The molecule has 2 rings (SSSR count). The van der Waals surface area contributed by atoms with Gasteiger partial charge in [0.25, 0.3) is 0 Å². The van der Waals surface area contributed by atoms with Gasteiger partial charge in [0.05, 0.1) is 15.7 Å². The molecule has 0 unspecified atom stereocenters. The maximum atomic E-state index is 4.14. The zero-order valence-corrected chi connectivity index (χ0v) is 11.8. The minimum Gasteiger partial charge on any atom is -0.245 e. The van der Waals surface area contributed by atoms with E-state index >= 15 is 0 Å². The van der Waals surface area contributed by atoms with E-state index in [1.54, 1.807) is 11.3 Å². The first kappa shape index (κ1) is 8.14. The molecule has 1 aromatic carbocycles. The van der Waals surface area contributed by atoms with Crippen LogP contribution in [0.5, 0.6) is 0 Å². The molecular weight excluding hydrogens is 331 g/mol. The van der Waals surface area contributed by atoms with Crippen LogP contribution in [0.25, 0.3) is 10.2 Å². The number of benzene rings is 1. The number of hydrogen-bond donors (Lipinski definition) is 0. The summed E-state index contributed by atoms with van der Waals surface area (Å²) in [5, 5.41) is 0. The predicted molar refractivity (Wildman–Crippen MR) is 39.6 cm³/mol. The Balaban J connectivity index is 0.000000500. The maximum Gasteiger partial charge on any atom is 0.0812 e. The third kappa shape index (κ3) is 1.37. The fourth-order valence-corrected chi connectivity index (χ4v) is 1.48. The quantitative estimate of drug-likeness (QED) is 0.673. The van der Waals surface area contributed by atoms with Crippen molar-refractivity contribution in [2.75, 3.05) is 0 Å². The second kappa shape index (κ2) is 3.44. The Morgan fingerprint density at radius 3 is 2.80 bits per heavy atom. The third-order valence-electron chi connectivity index (χ3n) is 1.24. The molecule has 0 aliphatic rings. The van der Waals surface area contributed by atoms with Crippen molar-refractivity contribution in [3.8, 4) is 0 Å². The van der Waals surface area contributed by atoms with Crippen LogP contribution in [-0.2, 0) is 27.7 Å². The Morgan fingerprint density at radius 1 is 1.20 bits per heavy atom. The smallest absolute Gasteiger partial charge is 0.0812 e. The topological polar surface area (TPSA) is 12.9 Å². The van der Waals surface area contributed by atoms with Crippen molar-refractivity contribution in [3.63, 3.8) is 0 Å². The molecule has 10 heavy (non-hydrogen) atoms. The molecule has 0 bridgehead atoms. The van der Waals surface area contributed by atoms with Crippen LogP contribution in [-0.4, -0.2) is 4.98 Å². The third-order valence-corrected chi connectivity index (χ3v) is 2.05. The number of thiazole rings is 1. The van der Waals surface area contributed by atoms with Gasteiger partial charge in [-0.15, -0.1) is 11.3 Å². The summed E-state index contributed by atoms with van der Waals surface area (Å²) in [5.41, 5.74) is 2.97. The average molecular weight is 336 g/mol. The molecule has 0 spiro atoms. The fourth-order valence-electron chi connectivity index (χ4n) is 0.803. The van der Waals surface area contributed by atoms with Gasteiger partial charge in [-0.25, -0.2) is 4.98 Å². The maximum absolute atomic E-state index is 4.14. The van der Waals surface area contributed by atoms with E-state index in [2.05, 4.69) is 11.1 Å². The zero-order chi connectivity index (χ0) is 6.10. The van der Waals surface area contributed by atoms with Gasteiger partial charge in [0.2, 0.25) is 0 Å². The van der Waals surface area contributed by atoms with E-state index in [4.69, 9.17) is 0 Å². The normalized spacial score (nSPS) is 9.20. The SMILES string of the molecule is [Hg].c1ccc2scnc2c1. The van der Waals surface area contributed by atoms with Gasteiger partial charge < -0.3 is 0 Å². The number of aromatic nitrogens is 1. The van der Waals surface area contributed by atoms with Crippen LogP contribution in [0.2, 0.25) is 0 Å². The molecule has 0 fully saturated rings. The van der Waals surface area contributed by atoms with Gasteiger partial charge in [-0.3, -0.25) is 0 Å². The van der Waals surface area contributed by atoms with Gasteiger partial charge >= 0.3 is 0 Å². The monoisotopic (exact) mass is 337 g/mol. The molecule has 0 atom stereocenters. The Bertz CT molecular complexity index is 288. The number of fused-ring (bicyclic) bond motifs is 1. The molecular formula is C7H5HgNS. The van der Waals surface area contributed by atoms with Crippen LogP contribution >= 0.6 is 11.3 Å². The van der Waals surface area contributed by atoms with E-state index in [0.717, 1.165) is 5.52 Å². The second-order valence-electron chi connectivity index (χ2n) is 1.82. The Kier molecular flexibility index (Phi) is 2.80. The van der Waals surface area contributed by atoms with Gasteiger partial charge in [0.15, 0.2) is 0 Å². The summed E-state index contributed by atoms with van der Waals surface area (Å²) < 4.78 is 1.26. The van der Waals surface area contributed by atoms with Crippen LogP contribution < -0.4 is 0 Å². The second-order valence-corrected chi connectivity index (χ2v) is 2.71. The van der Waals surface area contributed by atoms with Crippen molar-refractivity contribution in [2.24, 2.45) is 0 Å². The predicted octanol–water partition coefficient (Wildman–Crippen LogP) is 2.29. The zero-order valence-electron chi connectivity index (χ0n) is 5.45. The molecule has 0 aliphatic carbocycles. The molecule has 46 valence electrons. The minimum atomic E-state index is 0. The van der Waals surface area contributed by atoms with E-state index in [-0.39, 0.29) is 27.7 Å². The fraction of sp³-hybridized carbons (Fsp3) is 0. The van der Waals surface area contributed by atoms with Crippen LogP contribution in [0.15, 0.2) is 29.8 Å². The van der Waals surface area contributed by atoms with Gasteiger partial charge in [-0.05, 0) is 12.1 Å². The van der Waals surface area contributed by atoms with Crippen LogP contribution in [0.3, 0.4) is 0 Å². The summed E-state index contributed by atoms with van der Waals surface area (Å²) in [4.78, 5) is 4.14.